The van der Waals surface area contributed by atoms with Gasteiger partial charge in [-0.1, -0.05) is 68.1 Å². The number of carbonyl (C=O) groups is 3. The molecule has 164 valence electrons. The van der Waals surface area contributed by atoms with E-state index in [9.17, 15) is 14.4 Å². The molecule has 0 heterocycles. The van der Waals surface area contributed by atoms with Gasteiger partial charge in [0.2, 0.25) is 0 Å². The van der Waals surface area contributed by atoms with Gasteiger partial charge in [0.25, 0.3) is 11.8 Å². The third-order valence-corrected chi connectivity index (χ3v) is 5.54. The second-order valence-corrected chi connectivity index (χ2v) is 8.02. The highest BCUT2D eigenvalue weighted by molar-refractivity contribution is 6.05. The lowest BCUT2D eigenvalue weighted by Crippen LogP contribution is -2.37. The SMILES string of the molecule is CN(Cc1ccccc1)C(=O)c1ccccc1C(=O)OCC(=O)NC1CCCCCC1. The number of ether oxygens (including phenoxy) is 1. The molecule has 1 fully saturated rings. The minimum atomic E-state index is -0.673. The van der Waals surface area contributed by atoms with E-state index in [1.165, 1.54) is 12.8 Å². The van der Waals surface area contributed by atoms with Crippen LogP contribution in [0.25, 0.3) is 0 Å². The summed E-state index contributed by atoms with van der Waals surface area (Å²) in [5.74, 6) is -1.25. The zero-order valence-electron chi connectivity index (χ0n) is 18.0. The number of nitrogens with one attached hydrogen (secondary N) is 1. The number of benzene rings is 2. The van der Waals surface area contributed by atoms with Crippen molar-refractivity contribution in [2.24, 2.45) is 0 Å². The molecule has 0 saturated heterocycles. The number of amides is 2. The zero-order valence-corrected chi connectivity index (χ0v) is 18.0. The molecule has 1 aliphatic carbocycles. The normalized spacial score (nSPS) is 14.4. The first-order valence-electron chi connectivity index (χ1n) is 10.9. The second kappa shape index (κ2) is 11.3. The van der Waals surface area contributed by atoms with Gasteiger partial charge < -0.3 is 15.0 Å². The molecule has 2 aromatic rings. The van der Waals surface area contributed by atoms with Gasteiger partial charge in [-0.3, -0.25) is 9.59 Å². The van der Waals surface area contributed by atoms with Crippen molar-refractivity contribution in [1.29, 1.82) is 0 Å². The Morgan fingerprint density at radius 2 is 1.52 bits per heavy atom. The summed E-state index contributed by atoms with van der Waals surface area (Å²) in [7, 11) is 1.69. The fraction of sp³-hybridized carbons (Fsp3) is 0.400. The predicted molar refractivity (Wildman–Crippen MR) is 119 cm³/mol. The minimum absolute atomic E-state index is 0.147. The molecule has 0 radical (unpaired) electrons. The van der Waals surface area contributed by atoms with E-state index in [1.807, 2.05) is 30.3 Å². The summed E-state index contributed by atoms with van der Waals surface area (Å²) in [5.41, 5.74) is 1.42. The molecule has 1 saturated carbocycles. The Hall–Kier alpha value is -3.15. The second-order valence-electron chi connectivity index (χ2n) is 8.02. The van der Waals surface area contributed by atoms with Crippen molar-refractivity contribution < 1.29 is 19.1 Å². The Balaban J connectivity index is 1.58. The standard InChI is InChI=1S/C25H30N2O4/c1-27(17-19-11-5-4-6-12-19)24(29)21-15-9-10-16-22(21)25(30)31-18-23(28)26-20-13-7-2-3-8-14-20/h4-6,9-12,15-16,20H,2-3,7-8,13-14,17-18H2,1H3,(H,26,28). The molecule has 1 aliphatic rings. The highest BCUT2D eigenvalue weighted by atomic mass is 16.5. The van der Waals surface area contributed by atoms with E-state index in [-0.39, 0.29) is 35.6 Å². The van der Waals surface area contributed by atoms with Crippen LogP contribution in [0.2, 0.25) is 0 Å². The molecule has 31 heavy (non-hydrogen) atoms. The van der Waals surface area contributed by atoms with Crippen molar-refractivity contribution in [3.63, 3.8) is 0 Å². The Morgan fingerprint density at radius 1 is 0.903 bits per heavy atom. The van der Waals surface area contributed by atoms with Gasteiger partial charge in [-0.05, 0) is 30.5 Å². The number of esters is 1. The minimum Gasteiger partial charge on any atom is -0.452 e. The Labute approximate surface area is 183 Å². The lowest BCUT2D eigenvalue weighted by molar-refractivity contribution is -0.125. The maximum atomic E-state index is 12.9. The first kappa shape index (κ1) is 22.5. The van der Waals surface area contributed by atoms with Crippen LogP contribution in [0.1, 0.15) is 64.8 Å². The first-order valence-corrected chi connectivity index (χ1v) is 10.9. The molecule has 0 unspecified atom stereocenters. The molecule has 0 aliphatic heterocycles. The summed E-state index contributed by atoms with van der Waals surface area (Å²) in [6.45, 7) is 0.0740. The number of hydrogen-bond acceptors (Lipinski definition) is 4. The van der Waals surface area contributed by atoms with Crippen molar-refractivity contribution in [2.75, 3.05) is 13.7 Å². The lowest BCUT2D eigenvalue weighted by Gasteiger charge is -2.19. The van der Waals surface area contributed by atoms with Crippen molar-refractivity contribution in [3.05, 3.63) is 71.3 Å². The monoisotopic (exact) mass is 422 g/mol. The molecule has 0 aromatic heterocycles. The van der Waals surface area contributed by atoms with Crippen molar-refractivity contribution in [3.8, 4) is 0 Å². The van der Waals surface area contributed by atoms with Crippen LogP contribution >= 0.6 is 0 Å². The molecule has 6 nitrogen and oxygen atoms in total. The summed E-state index contributed by atoms with van der Waals surface area (Å²) < 4.78 is 5.23. The number of nitrogens with zero attached hydrogens (tertiary/aromatic N) is 1. The molecule has 2 aromatic carbocycles. The van der Waals surface area contributed by atoms with Crippen LogP contribution in [-0.4, -0.2) is 42.4 Å². The summed E-state index contributed by atoms with van der Waals surface area (Å²) in [5, 5.41) is 2.96. The molecule has 6 heteroatoms. The van der Waals surface area contributed by atoms with E-state index >= 15 is 0 Å². The lowest BCUT2D eigenvalue weighted by atomic mass is 10.1. The van der Waals surface area contributed by atoms with Crippen LogP contribution < -0.4 is 5.32 Å². The molecular weight excluding hydrogens is 392 g/mol. The third-order valence-electron chi connectivity index (χ3n) is 5.54. The van der Waals surface area contributed by atoms with Gasteiger partial charge in [0.15, 0.2) is 6.61 Å². The maximum absolute atomic E-state index is 12.9. The van der Waals surface area contributed by atoms with E-state index < -0.39 is 5.97 Å². The van der Waals surface area contributed by atoms with Gasteiger partial charge >= 0.3 is 5.97 Å². The van der Waals surface area contributed by atoms with Gasteiger partial charge in [-0.2, -0.15) is 0 Å². The molecule has 3 rings (SSSR count). The van der Waals surface area contributed by atoms with Crippen LogP contribution in [0.4, 0.5) is 0 Å². The van der Waals surface area contributed by atoms with Gasteiger partial charge in [0.1, 0.15) is 0 Å². The van der Waals surface area contributed by atoms with Gasteiger partial charge in [-0.25, -0.2) is 4.79 Å². The highest BCUT2D eigenvalue weighted by Crippen LogP contribution is 2.17. The maximum Gasteiger partial charge on any atom is 0.339 e. The Bertz CT molecular complexity index is 889. The van der Waals surface area contributed by atoms with E-state index in [4.69, 9.17) is 4.74 Å². The average molecular weight is 423 g/mol. The molecular formula is C25H30N2O4. The number of hydrogen-bond donors (Lipinski definition) is 1. The molecule has 1 N–H and O–H groups in total. The summed E-state index contributed by atoms with van der Waals surface area (Å²) in [6.07, 6.45) is 6.54. The largest absolute Gasteiger partial charge is 0.452 e. The molecule has 2 amide bonds. The quantitative estimate of drug-likeness (QED) is 0.541. The van der Waals surface area contributed by atoms with Crippen LogP contribution in [0.3, 0.4) is 0 Å². The average Bonchev–Trinajstić information content (AvgIpc) is 3.06. The Kier molecular flexibility index (Phi) is 8.21. The van der Waals surface area contributed by atoms with Crippen LogP contribution in [0.15, 0.2) is 54.6 Å². The van der Waals surface area contributed by atoms with Gasteiger partial charge in [-0.15, -0.1) is 0 Å². The third kappa shape index (κ3) is 6.67. The Morgan fingerprint density at radius 3 is 2.19 bits per heavy atom. The number of carbonyl (C=O) groups excluding carboxylic acids is 3. The molecule has 0 bridgehead atoms. The predicted octanol–water partition coefficient (Wildman–Crippen LogP) is 3.95. The smallest absolute Gasteiger partial charge is 0.339 e. The topological polar surface area (TPSA) is 75.7 Å². The first-order chi connectivity index (χ1) is 15.0. The van der Waals surface area contributed by atoms with Crippen molar-refractivity contribution in [1.82, 2.24) is 10.2 Å². The van der Waals surface area contributed by atoms with E-state index in [1.54, 1.807) is 36.2 Å². The highest BCUT2D eigenvalue weighted by Gasteiger charge is 2.22. The van der Waals surface area contributed by atoms with Crippen molar-refractivity contribution in [2.45, 2.75) is 51.1 Å². The van der Waals surface area contributed by atoms with Crippen LogP contribution in [-0.2, 0) is 16.1 Å². The van der Waals surface area contributed by atoms with E-state index in [0.717, 1.165) is 31.2 Å². The molecule has 0 spiro atoms. The summed E-state index contributed by atoms with van der Waals surface area (Å²) in [4.78, 5) is 39.4. The summed E-state index contributed by atoms with van der Waals surface area (Å²) in [6, 6.07) is 16.3. The summed E-state index contributed by atoms with van der Waals surface area (Å²) >= 11 is 0. The van der Waals surface area contributed by atoms with Crippen molar-refractivity contribution >= 4 is 17.8 Å². The fourth-order valence-corrected chi connectivity index (χ4v) is 3.88. The van der Waals surface area contributed by atoms with Gasteiger partial charge in [0, 0.05) is 19.6 Å². The fourth-order valence-electron chi connectivity index (χ4n) is 3.88. The zero-order chi connectivity index (χ0) is 22.1. The van der Waals surface area contributed by atoms with Crippen LogP contribution in [0, 0.1) is 0 Å². The van der Waals surface area contributed by atoms with E-state index in [0.29, 0.717) is 6.54 Å². The number of rotatable bonds is 7. The van der Waals surface area contributed by atoms with Crippen LogP contribution in [0.5, 0.6) is 0 Å². The van der Waals surface area contributed by atoms with Gasteiger partial charge in [0.05, 0.1) is 11.1 Å². The van der Waals surface area contributed by atoms with E-state index in [2.05, 4.69) is 5.32 Å². The molecule has 0 atom stereocenters.